The van der Waals surface area contributed by atoms with Crippen LogP contribution in [0.1, 0.15) is 19.3 Å². The van der Waals surface area contributed by atoms with E-state index in [1.54, 1.807) is 0 Å². The molecule has 1 aromatic heterocycles. The molecule has 0 atom stereocenters. The molecule has 0 saturated heterocycles. The molecule has 5 nitrogen and oxygen atoms in total. The number of hydrogen-bond donors (Lipinski definition) is 2. The summed E-state index contributed by atoms with van der Waals surface area (Å²) in [5.74, 6) is 0. The fourth-order valence-corrected chi connectivity index (χ4v) is 2.17. The molecule has 1 fully saturated rings. The summed E-state index contributed by atoms with van der Waals surface area (Å²) >= 11 is 4.89. The zero-order valence-electron chi connectivity index (χ0n) is 8.73. The van der Waals surface area contributed by atoms with E-state index >= 15 is 0 Å². The highest BCUT2D eigenvalue weighted by molar-refractivity contribution is 7.80. The van der Waals surface area contributed by atoms with Crippen LogP contribution >= 0.6 is 12.2 Å². The zero-order chi connectivity index (χ0) is 11.8. The maximum absolute atomic E-state index is 11.5. The summed E-state index contributed by atoms with van der Waals surface area (Å²) in [5, 5.41) is 0. The van der Waals surface area contributed by atoms with E-state index in [9.17, 15) is 9.59 Å². The molecule has 0 aliphatic heterocycles. The van der Waals surface area contributed by atoms with Gasteiger partial charge in [0, 0.05) is 25.2 Å². The Morgan fingerprint density at radius 2 is 2.25 bits per heavy atom. The average Bonchev–Trinajstić information content (AvgIpc) is 2.89. The zero-order valence-corrected chi connectivity index (χ0v) is 9.55. The van der Waals surface area contributed by atoms with Crippen LogP contribution in [0.4, 0.5) is 0 Å². The van der Waals surface area contributed by atoms with Crippen molar-refractivity contribution in [3.05, 3.63) is 33.1 Å². The Hall–Kier alpha value is -1.43. The molecule has 0 spiro atoms. The molecular formula is C10H13N3O2S. The van der Waals surface area contributed by atoms with E-state index in [2.05, 4.69) is 4.98 Å². The third-order valence-electron chi connectivity index (χ3n) is 2.91. The Kier molecular flexibility index (Phi) is 2.67. The second-order valence-electron chi connectivity index (χ2n) is 4.38. The SMILES string of the molecule is NC(=S)CC1(Cn2ccc(=O)[nH]c2=O)CC1. The molecule has 0 aromatic carbocycles. The lowest BCUT2D eigenvalue weighted by Crippen LogP contribution is -2.32. The summed E-state index contributed by atoms with van der Waals surface area (Å²) in [5.41, 5.74) is 4.81. The van der Waals surface area contributed by atoms with Crippen LogP contribution in [-0.2, 0) is 6.54 Å². The van der Waals surface area contributed by atoms with Crippen LogP contribution in [0.5, 0.6) is 0 Å². The van der Waals surface area contributed by atoms with E-state index in [0.29, 0.717) is 18.0 Å². The van der Waals surface area contributed by atoms with E-state index in [0.717, 1.165) is 12.8 Å². The summed E-state index contributed by atoms with van der Waals surface area (Å²) in [4.78, 5) is 25.1. The van der Waals surface area contributed by atoms with Crippen molar-refractivity contribution < 1.29 is 0 Å². The third kappa shape index (κ3) is 2.38. The van der Waals surface area contributed by atoms with Gasteiger partial charge in [-0.3, -0.25) is 9.78 Å². The smallest absolute Gasteiger partial charge is 0.328 e. The van der Waals surface area contributed by atoms with Crippen molar-refractivity contribution in [2.45, 2.75) is 25.8 Å². The first kappa shape index (κ1) is 11.1. The maximum atomic E-state index is 11.5. The molecule has 86 valence electrons. The molecule has 16 heavy (non-hydrogen) atoms. The maximum Gasteiger partial charge on any atom is 0.328 e. The summed E-state index contributed by atoms with van der Waals surface area (Å²) in [6.07, 6.45) is 4.22. The number of aromatic nitrogens is 2. The van der Waals surface area contributed by atoms with Crippen LogP contribution in [0.2, 0.25) is 0 Å². The first-order chi connectivity index (χ1) is 7.51. The van der Waals surface area contributed by atoms with Gasteiger partial charge in [-0.25, -0.2) is 4.79 Å². The van der Waals surface area contributed by atoms with Gasteiger partial charge in [0.2, 0.25) is 0 Å². The van der Waals surface area contributed by atoms with Crippen LogP contribution in [0.15, 0.2) is 21.9 Å². The molecule has 1 aliphatic rings. The molecule has 1 aromatic rings. The number of aromatic amines is 1. The summed E-state index contributed by atoms with van der Waals surface area (Å²) in [6, 6.07) is 1.35. The highest BCUT2D eigenvalue weighted by Gasteiger charge is 2.43. The van der Waals surface area contributed by atoms with Crippen LogP contribution in [0.25, 0.3) is 0 Å². The number of nitrogens with two attached hydrogens (primary N) is 1. The quantitative estimate of drug-likeness (QED) is 0.724. The van der Waals surface area contributed by atoms with Gasteiger partial charge in [-0.15, -0.1) is 0 Å². The molecule has 0 amide bonds. The van der Waals surface area contributed by atoms with Crippen molar-refractivity contribution in [2.24, 2.45) is 11.1 Å². The summed E-state index contributed by atoms with van der Waals surface area (Å²) in [6.45, 7) is 0.569. The third-order valence-corrected chi connectivity index (χ3v) is 3.05. The van der Waals surface area contributed by atoms with Crippen molar-refractivity contribution in [3.63, 3.8) is 0 Å². The van der Waals surface area contributed by atoms with Crippen molar-refractivity contribution >= 4 is 17.2 Å². The van der Waals surface area contributed by atoms with Gasteiger partial charge in [0.05, 0.1) is 4.99 Å². The number of thiocarbonyl (C=S) groups is 1. The van der Waals surface area contributed by atoms with Crippen LogP contribution < -0.4 is 17.0 Å². The van der Waals surface area contributed by atoms with Crippen molar-refractivity contribution in [1.82, 2.24) is 9.55 Å². The van der Waals surface area contributed by atoms with Crippen molar-refractivity contribution in [3.8, 4) is 0 Å². The lowest BCUT2D eigenvalue weighted by atomic mass is 10.0. The predicted octanol–water partition coefficient (Wildman–Crippen LogP) is -0.00700. The fourth-order valence-electron chi connectivity index (χ4n) is 1.87. The Morgan fingerprint density at radius 1 is 1.56 bits per heavy atom. The van der Waals surface area contributed by atoms with Crippen molar-refractivity contribution in [1.29, 1.82) is 0 Å². The summed E-state index contributed by atoms with van der Waals surface area (Å²) < 4.78 is 1.51. The van der Waals surface area contributed by atoms with Crippen LogP contribution in [0, 0.1) is 5.41 Å². The molecule has 2 rings (SSSR count). The molecule has 1 aliphatic carbocycles. The molecule has 3 N–H and O–H groups in total. The van der Waals surface area contributed by atoms with Crippen molar-refractivity contribution in [2.75, 3.05) is 0 Å². The van der Waals surface area contributed by atoms with E-state index < -0.39 is 0 Å². The van der Waals surface area contributed by atoms with E-state index in [4.69, 9.17) is 18.0 Å². The first-order valence-corrected chi connectivity index (χ1v) is 5.50. The van der Waals surface area contributed by atoms with Gasteiger partial charge in [-0.05, 0) is 18.3 Å². The number of nitrogens with one attached hydrogen (secondary N) is 1. The summed E-state index contributed by atoms with van der Waals surface area (Å²) in [7, 11) is 0. The molecule has 6 heteroatoms. The molecule has 1 heterocycles. The minimum absolute atomic E-state index is 0.0356. The molecule has 0 bridgehead atoms. The van der Waals surface area contributed by atoms with Gasteiger partial charge in [0.25, 0.3) is 5.56 Å². The van der Waals surface area contributed by atoms with Gasteiger partial charge in [0.1, 0.15) is 0 Å². The lowest BCUT2D eigenvalue weighted by Gasteiger charge is -2.15. The number of nitrogens with zero attached hydrogens (tertiary/aromatic N) is 1. The Balaban J connectivity index is 2.18. The largest absolute Gasteiger partial charge is 0.393 e. The topological polar surface area (TPSA) is 80.9 Å². The monoisotopic (exact) mass is 239 g/mol. The van der Waals surface area contributed by atoms with Gasteiger partial charge < -0.3 is 10.3 Å². The van der Waals surface area contributed by atoms with E-state index in [-0.39, 0.29) is 16.7 Å². The molecule has 0 radical (unpaired) electrons. The number of H-pyrrole nitrogens is 1. The van der Waals surface area contributed by atoms with E-state index in [1.165, 1.54) is 16.8 Å². The fraction of sp³-hybridized carbons (Fsp3) is 0.500. The second-order valence-corrected chi connectivity index (χ2v) is 4.91. The highest BCUT2D eigenvalue weighted by atomic mass is 32.1. The second kappa shape index (κ2) is 3.86. The first-order valence-electron chi connectivity index (χ1n) is 5.09. The normalized spacial score (nSPS) is 17.0. The van der Waals surface area contributed by atoms with Gasteiger partial charge in [0.15, 0.2) is 0 Å². The standard InChI is InChI=1S/C10H13N3O2S/c11-7(16)5-10(2-3-10)6-13-4-1-8(14)12-9(13)15/h1,4H,2-3,5-6H2,(H2,11,16)(H,12,14,15). The molecule has 0 unspecified atom stereocenters. The predicted molar refractivity (Wildman–Crippen MR) is 64.4 cm³/mol. The van der Waals surface area contributed by atoms with Crippen LogP contribution in [0.3, 0.4) is 0 Å². The number of hydrogen-bond acceptors (Lipinski definition) is 3. The Bertz CT molecular complexity index is 527. The van der Waals surface area contributed by atoms with Crippen LogP contribution in [-0.4, -0.2) is 14.5 Å². The highest BCUT2D eigenvalue weighted by Crippen LogP contribution is 2.49. The minimum Gasteiger partial charge on any atom is -0.393 e. The van der Waals surface area contributed by atoms with Gasteiger partial charge in [-0.1, -0.05) is 12.2 Å². The minimum atomic E-state index is -0.375. The molecule has 1 saturated carbocycles. The molecular weight excluding hydrogens is 226 g/mol. The Morgan fingerprint density at radius 3 is 2.75 bits per heavy atom. The van der Waals surface area contributed by atoms with Gasteiger partial charge >= 0.3 is 5.69 Å². The average molecular weight is 239 g/mol. The lowest BCUT2D eigenvalue weighted by molar-refractivity contribution is 0.425. The number of rotatable bonds is 4. The van der Waals surface area contributed by atoms with E-state index in [1.807, 2.05) is 0 Å². The Labute approximate surface area is 97.3 Å². The van der Waals surface area contributed by atoms with Gasteiger partial charge in [-0.2, -0.15) is 0 Å².